The molecule has 2 heterocycles. The van der Waals surface area contributed by atoms with E-state index >= 15 is 0 Å². The number of morpholine rings is 1. The highest BCUT2D eigenvalue weighted by atomic mass is 16.5. The number of nitrogens with two attached hydrogens (primary N) is 1. The van der Waals surface area contributed by atoms with Crippen LogP contribution in [0.5, 0.6) is 0 Å². The van der Waals surface area contributed by atoms with Crippen LogP contribution in [-0.2, 0) is 4.74 Å². The summed E-state index contributed by atoms with van der Waals surface area (Å²) in [6.45, 7) is 2.46. The first-order valence-corrected chi connectivity index (χ1v) is 3.53. The summed E-state index contributed by atoms with van der Waals surface area (Å²) >= 11 is 0. The van der Waals surface area contributed by atoms with Crippen molar-refractivity contribution in [1.29, 1.82) is 0 Å². The van der Waals surface area contributed by atoms with Crippen molar-refractivity contribution in [1.82, 2.24) is 5.01 Å². The molecule has 0 aromatic carbocycles. The second-order valence-corrected chi connectivity index (χ2v) is 2.69. The zero-order chi connectivity index (χ0) is 6.97. The molecule has 10 heavy (non-hydrogen) atoms. The Morgan fingerprint density at radius 1 is 1.70 bits per heavy atom. The molecule has 0 spiro atoms. The summed E-state index contributed by atoms with van der Waals surface area (Å²) in [7, 11) is 0. The Bertz CT molecular complexity index is 168. The average Bonchev–Trinajstić information content (AvgIpc) is 2.27. The van der Waals surface area contributed by atoms with Gasteiger partial charge in [0.25, 0.3) is 0 Å². The molecule has 0 aromatic heterocycles. The van der Waals surface area contributed by atoms with Gasteiger partial charge in [0.15, 0.2) is 0 Å². The largest absolute Gasteiger partial charge is 0.386 e. The van der Waals surface area contributed by atoms with Gasteiger partial charge in [-0.3, -0.25) is 5.01 Å². The number of rotatable bonds is 0. The quantitative estimate of drug-likeness (QED) is 0.488. The first-order chi connectivity index (χ1) is 4.86. The zero-order valence-electron chi connectivity index (χ0n) is 5.79. The Morgan fingerprint density at radius 3 is 3.40 bits per heavy atom. The summed E-state index contributed by atoms with van der Waals surface area (Å²) in [6, 6.07) is 0.425. The topological polar surface area (TPSA) is 50.8 Å². The Morgan fingerprint density at radius 2 is 2.60 bits per heavy atom. The van der Waals surface area contributed by atoms with Crippen LogP contribution >= 0.6 is 0 Å². The lowest BCUT2D eigenvalue weighted by atomic mass is 10.2. The maximum Gasteiger partial charge on any atom is 0.122 e. The van der Waals surface area contributed by atoms with Crippen molar-refractivity contribution in [3.63, 3.8) is 0 Å². The highest BCUT2D eigenvalue weighted by molar-refractivity contribution is 5.82. The van der Waals surface area contributed by atoms with Crippen LogP contribution in [0.15, 0.2) is 5.10 Å². The van der Waals surface area contributed by atoms with Crippen molar-refractivity contribution in [3.8, 4) is 0 Å². The van der Waals surface area contributed by atoms with Crippen LogP contribution in [-0.4, -0.2) is 36.6 Å². The van der Waals surface area contributed by atoms with Crippen LogP contribution in [0.2, 0.25) is 0 Å². The SMILES string of the molecule is NC1=NN2CCOCC2C1. The van der Waals surface area contributed by atoms with Crippen molar-refractivity contribution >= 4 is 5.84 Å². The molecule has 4 heteroatoms. The molecular weight excluding hydrogens is 130 g/mol. The van der Waals surface area contributed by atoms with Gasteiger partial charge in [0, 0.05) is 6.42 Å². The molecule has 0 bridgehead atoms. The van der Waals surface area contributed by atoms with E-state index in [1.807, 2.05) is 5.01 Å². The molecule has 0 aliphatic carbocycles. The summed E-state index contributed by atoms with van der Waals surface area (Å²) < 4.78 is 5.26. The fourth-order valence-corrected chi connectivity index (χ4v) is 1.39. The first kappa shape index (κ1) is 5.97. The molecule has 2 N–H and O–H groups in total. The maximum absolute atomic E-state index is 5.55. The molecule has 2 aliphatic heterocycles. The van der Waals surface area contributed by atoms with Crippen LogP contribution < -0.4 is 5.73 Å². The maximum atomic E-state index is 5.55. The molecule has 1 atom stereocenters. The van der Waals surface area contributed by atoms with Gasteiger partial charge in [-0.1, -0.05) is 0 Å². The highest BCUT2D eigenvalue weighted by Gasteiger charge is 2.27. The average molecular weight is 141 g/mol. The van der Waals surface area contributed by atoms with Gasteiger partial charge in [-0.15, -0.1) is 0 Å². The molecular formula is C6H11N3O. The van der Waals surface area contributed by atoms with Gasteiger partial charge in [0.1, 0.15) is 5.84 Å². The molecule has 2 aliphatic rings. The van der Waals surface area contributed by atoms with Gasteiger partial charge < -0.3 is 10.5 Å². The Kier molecular flexibility index (Phi) is 1.27. The van der Waals surface area contributed by atoms with Crippen molar-refractivity contribution in [3.05, 3.63) is 0 Å². The van der Waals surface area contributed by atoms with Gasteiger partial charge in [-0.05, 0) is 0 Å². The molecule has 0 aromatic rings. The van der Waals surface area contributed by atoms with Crippen LogP contribution in [0.4, 0.5) is 0 Å². The summed E-state index contributed by atoms with van der Waals surface area (Å²) in [4.78, 5) is 0. The van der Waals surface area contributed by atoms with E-state index < -0.39 is 0 Å². The van der Waals surface area contributed by atoms with E-state index in [2.05, 4.69) is 5.10 Å². The van der Waals surface area contributed by atoms with E-state index in [1.165, 1.54) is 0 Å². The lowest BCUT2D eigenvalue weighted by Gasteiger charge is -2.27. The van der Waals surface area contributed by atoms with Crippen molar-refractivity contribution in [2.45, 2.75) is 12.5 Å². The van der Waals surface area contributed by atoms with Gasteiger partial charge in [-0.25, -0.2) is 0 Å². The highest BCUT2D eigenvalue weighted by Crippen LogP contribution is 2.16. The molecule has 0 saturated carbocycles. The molecule has 56 valence electrons. The molecule has 4 nitrogen and oxygen atoms in total. The molecule has 0 amide bonds. The molecule has 1 unspecified atom stereocenters. The lowest BCUT2D eigenvalue weighted by molar-refractivity contribution is 0.00476. The monoisotopic (exact) mass is 141 g/mol. The molecule has 1 fully saturated rings. The van der Waals surface area contributed by atoms with Gasteiger partial charge in [0.2, 0.25) is 0 Å². The fourth-order valence-electron chi connectivity index (χ4n) is 1.39. The Hall–Kier alpha value is -0.770. The number of ether oxygens (including phenoxy) is 1. The number of hydrazone groups is 1. The standard InChI is InChI=1S/C6H11N3O/c7-6-3-5-4-10-2-1-9(5)8-6/h5H,1-4H2,(H2,7,8). The van der Waals surface area contributed by atoms with Crippen LogP contribution in [0, 0.1) is 0 Å². The third kappa shape index (κ3) is 0.844. The number of fused-ring (bicyclic) bond motifs is 1. The zero-order valence-corrected chi connectivity index (χ0v) is 5.79. The Labute approximate surface area is 59.6 Å². The van der Waals surface area contributed by atoms with Crippen molar-refractivity contribution in [2.75, 3.05) is 19.8 Å². The fraction of sp³-hybridized carbons (Fsp3) is 0.833. The smallest absolute Gasteiger partial charge is 0.122 e. The summed E-state index contributed by atoms with van der Waals surface area (Å²) in [6.07, 6.45) is 0.875. The van der Waals surface area contributed by atoms with Crippen molar-refractivity contribution < 1.29 is 4.74 Å². The van der Waals surface area contributed by atoms with Crippen LogP contribution in [0.3, 0.4) is 0 Å². The summed E-state index contributed by atoms with van der Waals surface area (Å²) in [5.74, 6) is 0.746. The third-order valence-electron chi connectivity index (χ3n) is 1.90. The molecule has 1 saturated heterocycles. The first-order valence-electron chi connectivity index (χ1n) is 3.53. The van der Waals surface area contributed by atoms with E-state index in [-0.39, 0.29) is 0 Å². The third-order valence-corrected chi connectivity index (χ3v) is 1.90. The Balaban J connectivity index is 2.06. The van der Waals surface area contributed by atoms with E-state index in [0.717, 1.165) is 32.0 Å². The minimum atomic E-state index is 0.425. The second kappa shape index (κ2) is 2.12. The molecule has 0 radical (unpaired) electrons. The van der Waals surface area contributed by atoms with E-state index in [4.69, 9.17) is 10.5 Å². The van der Waals surface area contributed by atoms with Gasteiger partial charge >= 0.3 is 0 Å². The minimum Gasteiger partial charge on any atom is -0.386 e. The number of hydrogen-bond acceptors (Lipinski definition) is 4. The predicted molar refractivity (Wildman–Crippen MR) is 37.6 cm³/mol. The van der Waals surface area contributed by atoms with Gasteiger partial charge in [0.05, 0.1) is 25.8 Å². The van der Waals surface area contributed by atoms with Gasteiger partial charge in [-0.2, -0.15) is 5.10 Å². The number of amidine groups is 1. The van der Waals surface area contributed by atoms with E-state index in [9.17, 15) is 0 Å². The van der Waals surface area contributed by atoms with Crippen molar-refractivity contribution in [2.24, 2.45) is 10.8 Å². The molecule has 2 rings (SSSR count). The van der Waals surface area contributed by atoms with Crippen LogP contribution in [0.1, 0.15) is 6.42 Å². The van der Waals surface area contributed by atoms with E-state index in [0.29, 0.717) is 6.04 Å². The summed E-state index contributed by atoms with van der Waals surface area (Å²) in [5, 5.41) is 6.18. The minimum absolute atomic E-state index is 0.425. The second-order valence-electron chi connectivity index (χ2n) is 2.69. The number of nitrogens with zero attached hydrogens (tertiary/aromatic N) is 2. The predicted octanol–water partition coefficient (Wildman–Crippen LogP) is -0.637. The lowest BCUT2D eigenvalue weighted by Crippen LogP contribution is -2.39. The van der Waals surface area contributed by atoms with E-state index in [1.54, 1.807) is 0 Å². The number of hydrogen-bond donors (Lipinski definition) is 1. The van der Waals surface area contributed by atoms with Crippen LogP contribution in [0.25, 0.3) is 0 Å². The summed E-state index contributed by atoms with van der Waals surface area (Å²) in [5.41, 5.74) is 5.55. The normalized spacial score (nSPS) is 31.8.